The summed E-state index contributed by atoms with van der Waals surface area (Å²) in [5.74, 6) is -1.30. The van der Waals surface area contributed by atoms with Crippen molar-refractivity contribution in [1.29, 1.82) is 0 Å². The van der Waals surface area contributed by atoms with E-state index >= 15 is 0 Å². The van der Waals surface area contributed by atoms with Gasteiger partial charge in [-0.25, -0.2) is 4.79 Å². The third-order valence-electron chi connectivity index (χ3n) is 2.13. The molecule has 0 aromatic rings. The quantitative estimate of drug-likeness (QED) is 0.436. The number of hydrogen-bond donors (Lipinski definition) is 0. The van der Waals surface area contributed by atoms with Crippen LogP contribution in [0.2, 0.25) is 0 Å². The van der Waals surface area contributed by atoms with Crippen molar-refractivity contribution in [3.05, 3.63) is 12.2 Å². The molecule has 1 aliphatic rings. The lowest BCUT2D eigenvalue weighted by Gasteiger charge is -2.18. The molecular formula is C13H20O5. The minimum Gasteiger partial charge on any atom is -0.457 e. The average molecular weight is 256 g/mol. The van der Waals surface area contributed by atoms with Gasteiger partial charge in [-0.1, -0.05) is 0 Å². The third-order valence-corrected chi connectivity index (χ3v) is 2.13. The highest BCUT2D eigenvalue weighted by Crippen LogP contribution is 2.27. The van der Waals surface area contributed by atoms with Crippen LogP contribution in [0.5, 0.6) is 0 Å². The Morgan fingerprint density at radius 2 is 1.78 bits per heavy atom. The smallest absolute Gasteiger partial charge is 0.331 e. The highest BCUT2D eigenvalue weighted by atomic mass is 16.8. The predicted molar refractivity (Wildman–Crippen MR) is 64.9 cm³/mol. The van der Waals surface area contributed by atoms with Gasteiger partial charge in [0.2, 0.25) is 0 Å². The molecule has 0 spiro atoms. The Kier molecular flexibility index (Phi) is 4.29. The first-order valence-corrected chi connectivity index (χ1v) is 5.85. The highest BCUT2D eigenvalue weighted by molar-refractivity contribution is 5.82. The van der Waals surface area contributed by atoms with Crippen LogP contribution in [0.25, 0.3) is 0 Å². The molecule has 1 heterocycles. The Labute approximate surface area is 107 Å². The maximum absolute atomic E-state index is 11.5. The second kappa shape index (κ2) is 5.20. The Balaban J connectivity index is 2.61. The van der Waals surface area contributed by atoms with E-state index in [4.69, 9.17) is 14.2 Å². The second-order valence-corrected chi connectivity index (χ2v) is 5.59. The number of carbonyl (C=O) groups excluding carboxylic acids is 2. The third kappa shape index (κ3) is 4.58. The highest BCUT2D eigenvalue weighted by Gasteiger charge is 2.39. The van der Waals surface area contributed by atoms with Crippen LogP contribution in [-0.2, 0) is 23.8 Å². The van der Waals surface area contributed by atoms with E-state index in [0.29, 0.717) is 6.29 Å². The molecule has 1 saturated heterocycles. The van der Waals surface area contributed by atoms with Crippen molar-refractivity contribution < 1.29 is 23.8 Å². The maximum atomic E-state index is 11.5. The van der Waals surface area contributed by atoms with Crippen LogP contribution in [0, 0.1) is 0 Å². The molecule has 0 radical (unpaired) electrons. The van der Waals surface area contributed by atoms with E-state index in [0.717, 1.165) is 0 Å². The minimum absolute atomic E-state index is 0.472. The first kappa shape index (κ1) is 14.9. The van der Waals surface area contributed by atoms with Gasteiger partial charge in [0.1, 0.15) is 17.8 Å². The van der Waals surface area contributed by atoms with Gasteiger partial charge >= 0.3 is 5.97 Å². The Bertz CT molecular complexity index is 351. The number of esters is 1. The van der Waals surface area contributed by atoms with Gasteiger partial charge in [0, 0.05) is 6.08 Å². The Morgan fingerprint density at radius 3 is 2.28 bits per heavy atom. The molecule has 1 aliphatic heterocycles. The molecule has 0 saturated carbocycles. The molecule has 5 heteroatoms. The number of aldehydes is 1. The molecule has 102 valence electrons. The zero-order valence-corrected chi connectivity index (χ0v) is 11.4. The number of carbonyl (C=O) groups is 2. The molecule has 18 heavy (non-hydrogen) atoms. The summed E-state index contributed by atoms with van der Waals surface area (Å²) in [5.41, 5.74) is -0.544. The van der Waals surface area contributed by atoms with Crippen molar-refractivity contribution in [3.63, 3.8) is 0 Å². The number of hydrogen-bond acceptors (Lipinski definition) is 5. The molecule has 0 N–H and O–H groups in total. The summed E-state index contributed by atoms with van der Waals surface area (Å²) in [4.78, 5) is 22.3. The van der Waals surface area contributed by atoms with E-state index in [-0.39, 0.29) is 0 Å². The largest absolute Gasteiger partial charge is 0.457 e. The van der Waals surface area contributed by atoms with Gasteiger partial charge in [0.25, 0.3) is 0 Å². The van der Waals surface area contributed by atoms with Gasteiger partial charge in [-0.2, -0.15) is 0 Å². The van der Waals surface area contributed by atoms with Gasteiger partial charge in [0.15, 0.2) is 12.1 Å². The summed E-state index contributed by atoms with van der Waals surface area (Å²) < 4.78 is 15.9. The molecule has 1 fully saturated rings. The Morgan fingerprint density at radius 1 is 1.22 bits per heavy atom. The van der Waals surface area contributed by atoms with Gasteiger partial charge in [-0.3, -0.25) is 0 Å². The van der Waals surface area contributed by atoms with Crippen molar-refractivity contribution in [2.75, 3.05) is 0 Å². The molecule has 0 aromatic carbocycles. The number of ether oxygens (including phenoxy) is 3. The van der Waals surface area contributed by atoms with Crippen molar-refractivity contribution in [2.24, 2.45) is 0 Å². The van der Waals surface area contributed by atoms with Crippen LogP contribution in [0.3, 0.4) is 0 Å². The molecule has 0 bridgehead atoms. The molecule has 0 unspecified atom stereocenters. The van der Waals surface area contributed by atoms with Crippen LogP contribution < -0.4 is 0 Å². The lowest BCUT2D eigenvalue weighted by Crippen LogP contribution is -2.24. The molecule has 0 aromatic heterocycles. The van der Waals surface area contributed by atoms with Gasteiger partial charge in [-0.05, 0) is 40.7 Å². The SMILES string of the molecule is CC(C)(C)OC(=O)/C=C/[C@@H]1OC(C)(C)O[C@@H]1C=O. The second-order valence-electron chi connectivity index (χ2n) is 5.59. The average Bonchev–Trinajstić information content (AvgIpc) is 2.47. The van der Waals surface area contributed by atoms with Gasteiger partial charge < -0.3 is 19.0 Å². The first-order valence-electron chi connectivity index (χ1n) is 5.85. The monoisotopic (exact) mass is 256 g/mol. The summed E-state index contributed by atoms with van der Waals surface area (Å²) in [6, 6.07) is 0. The fourth-order valence-corrected chi connectivity index (χ4v) is 1.58. The summed E-state index contributed by atoms with van der Waals surface area (Å²) in [6.07, 6.45) is 2.15. The zero-order valence-electron chi connectivity index (χ0n) is 11.4. The maximum Gasteiger partial charge on any atom is 0.331 e. The Hall–Kier alpha value is -1.20. The van der Waals surface area contributed by atoms with E-state index in [1.54, 1.807) is 34.6 Å². The lowest BCUT2D eigenvalue weighted by molar-refractivity contribution is -0.149. The van der Waals surface area contributed by atoms with Crippen molar-refractivity contribution in [1.82, 2.24) is 0 Å². The van der Waals surface area contributed by atoms with Crippen LogP contribution in [0.15, 0.2) is 12.2 Å². The zero-order chi connectivity index (χ0) is 14.0. The molecular weight excluding hydrogens is 236 g/mol. The standard InChI is InChI=1S/C13H20O5/c1-12(2,3)18-11(15)7-6-9-10(8-14)17-13(4,5)16-9/h6-10H,1-5H3/b7-6+/t9-,10+/m0/s1. The van der Waals surface area contributed by atoms with E-state index in [1.165, 1.54) is 12.2 Å². The van der Waals surface area contributed by atoms with Crippen molar-refractivity contribution in [2.45, 2.75) is 58.2 Å². The summed E-state index contributed by atoms with van der Waals surface area (Å²) >= 11 is 0. The molecule has 0 aliphatic carbocycles. The fourth-order valence-electron chi connectivity index (χ4n) is 1.58. The molecule has 5 nitrogen and oxygen atoms in total. The van der Waals surface area contributed by atoms with E-state index in [2.05, 4.69) is 0 Å². The van der Waals surface area contributed by atoms with Crippen LogP contribution in [0.1, 0.15) is 34.6 Å². The molecule has 1 rings (SSSR count). The van der Waals surface area contributed by atoms with Crippen molar-refractivity contribution in [3.8, 4) is 0 Å². The topological polar surface area (TPSA) is 61.8 Å². The predicted octanol–water partition coefficient (Wildman–Crippen LogP) is 1.60. The summed E-state index contributed by atoms with van der Waals surface area (Å²) in [7, 11) is 0. The van der Waals surface area contributed by atoms with Crippen LogP contribution >= 0.6 is 0 Å². The summed E-state index contributed by atoms with van der Waals surface area (Å²) in [6.45, 7) is 8.78. The normalized spacial score (nSPS) is 27.4. The van der Waals surface area contributed by atoms with Gasteiger partial charge in [-0.15, -0.1) is 0 Å². The first-order chi connectivity index (χ1) is 8.13. The lowest BCUT2D eigenvalue weighted by atomic mass is 10.2. The van der Waals surface area contributed by atoms with Crippen LogP contribution in [0.4, 0.5) is 0 Å². The fraction of sp³-hybridized carbons (Fsp3) is 0.692. The summed E-state index contributed by atoms with van der Waals surface area (Å²) in [5, 5.41) is 0. The number of rotatable bonds is 3. The minimum atomic E-state index is -0.825. The van der Waals surface area contributed by atoms with Crippen molar-refractivity contribution >= 4 is 12.3 Å². The molecule has 0 amide bonds. The van der Waals surface area contributed by atoms with Crippen LogP contribution in [-0.4, -0.2) is 35.9 Å². The van der Waals surface area contributed by atoms with E-state index in [9.17, 15) is 9.59 Å². The molecule has 2 atom stereocenters. The van der Waals surface area contributed by atoms with E-state index < -0.39 is 29.6 Å². The van der Waals surface area contributed by atoms with Gasteiger partial charge in [0.05, 0.1) is 0 Å². The van der Waals surface area contributed by atoms with E-state index in [1.807, 2.05) is 0 Å².